The second kappa shape index (κ2) is 15.0. The summed E-state index contributed by atoms with van der Waals surface area (Å²) >= 11 is 0. The molecule has 5 atom stereocenters. The molecule has 1 aromatic rings. The van der Waals surface area contributed by atoms with Crippen LogP contribution in [0, 0.1) is 0 Å². The summed E-state index contributed by atoms with van der Waals surface area (Å²) in [6, 6.07) is 0.509. The number of carboxylic acids is 1. The number of nitrogens with one attached hydrogen (secondary N) is 1. The standard InChI is InChI=1S/C23H36N6O7/c1-13(25)20(32)28-17(11-14-7-3-2-4-8-14)22(34)29(21(33)15(26)9-5-6-10-24)18(23(35)36)19(31)16(27)12-30/h2-4,7-8,13,15-18,30H,5-6,9-12,24-27H2,1H3,(H,28,32)(H,35,36). The molecule has 11 N–H and O–H groups in total. The van der Waals surface area contributed by atoms with Gasteiger partial charge in [0.15, 0.2) is 11.8 Å². The molecule has 0 fully saturated rings. The number of aliphatic hydroxyl groups excluding tert-OH is 1. The monoisotopic (exact) mass is 508 g/mol. The zero-order chi connectivity index (χ0) is 27.4. The SMILES string of the molecule is CC(N)C(=O)NC(Cc1ccccc1)C(=O)N(C(=O)C(N)CCCCN)C(C(=O)O)C(=O)C(N)CO. The fraction of sp³-hybridized carbons (Fsp3) is 0.522. The molecule has 0 saturated carbocycles. The second-order valence-corrected chi connectivity index (χ2v) is 8.41. The minimum Gasteiger partial charge on any atom is -0.479 e. The van der Waals surface area contributed by atoms with Gasteiger partial charge in [-0.05, 0) is 31.9 Å². The van der Waals surface area contributed by atoms with E-state index in [1.54, 1.807) is 30.3 Å². The highest BCUT2D eigenvalue weighted by molar-refractivity contribution is 6.14. The van der Waals surface area contributed by atoms with Gasteiger partial charge in [0.2, 0.25) is 11.8 Å². The van der Waals surface area contributed by atoms with Crippen molar-refractivity contribution >= 4 is 29.5 Å². The molecule has 1 rings (SSSR count). The number of unbranched alkanes of at least 4 members (excludes halogenated alkanes) is 1. The summed E-state index contributed by atoms with van der Waals surface area (Å²) in [6.45, 7) is 0.781. The van der Waals surface area contributed by atoms with Crippen LogP contribution < -0.4 is 28.3 Å². The van der Waals surface area contributed by atoms with Gasteiger partial charge in [0.1, 0.15) is 6.04 Å². The number of ketones is 1. The number of benzene rings is 1. The number of carbonyl (C=O) groups excluding carboxylic acids is 4. The molecule has 36 heavy (non-hydrogen) atoms. The Bertz CT molecular complexity index is 911. The first-order valence-corrected chi connectivity index (χ1v) is 11.5. The van der Waals surface area contributed by atoms with Gasteiger partial charge in [0.05, 0.1) is 24.7 Å². The number of hydrogen-bond acceptors (Lipinski definition) is 10. The maximum absolute atomic E-state index is 13.7. The number of aliphatic hydroxyl groups is 1. The lowest BCUT2D eigenvalue weighted by Gasteiger charge is -2.33. The van der Waals surface area contributed by atoms with Crippen LogP contribution in [0.2, 0.25) is 0 Å². The summed E-state index contributed by atoms with van der Waals surface area (Å²) in [7, 11) is 0. The smallest absolute Gasteiger partial charge is 0.334 e. The molecule has 0 aliphatic rings. The van der Waals surface area contributed by atoms with E-state index in [1.165, 1.54) is 6.92 Å². The number of nitrogens with two attached hydrogens (primary N) is 4. The van der Waals surface area contributed by atoms with Gasteiger partial charge < -0.3 is 38.5 Å². The third kappa shape index (κ3) is 8.77. The Labute approximate surface area is 209 Å². The molecule has 200 valence electrons. The van der Waals surface area contributed by atoms with Crippen molar-refractivity contribution in [2.24, 2.45) is 22.9 Å². The van der Waals surface area contributed by atoms with Crippen molar-refractivity contribution in [1.82, 2.24) is 10.2 Å². The Morgan fingerprint density at radius 2 is 1.58 bits per heavy atom. The van der Waals surface area contributed by atoms with E-state index in [0.29, 0.717) is 24.9 Å². The van der Waals surface area contributed by atoms with Crippen LogP contribution in [0.25, 0.3) is 0 Å². The van der Waals surface area contributed by atoms with Crippen molar-refractivity contribution in [3.05, 3.63) is 35.9 Å². The largest absolute Gasteiger partial charge is 0.479 e. The van der Waals surface area contributed by atoms with E-state index in [4.69, 9.17) is 22.9 Å². The molecule has 5 unspecified atom stereocenters. The van der Waals surface area contributed by atoms with E-state index < -0.39 is 66.3 Å². The predicted molar refractivity (Wildman–Crippen MR) is 130 cm³/mol. The molecule has 0 spiro atoms. The van der Waals surface area contributed by atoms with E-state index in [2.05, 4.69) is 5.32 Å². The highest BCUT2D eigenvalue weighted by Gasteiger charge is 2.45. The molecular formula is C23H36N6O7. The number of carboxylic acid groups (broad SMARTS) is 1. The minimum absolute atomic E-state index is 0.0575. The van der Waals surface area contributed by atoms with Crippen LogP contribution in [-0.2, 0) is 30.4 Å². The van der Waals surface area contributed by atoms with Crippen LogP contribution in [0.1, 0.15) is 31.7 Å². The molecule has 0 radical (unpaired) electrons. The number of hydrogen-bond donors (Lipinski definition) is 7. The van der Waals surface area contributed by atoms with Crippen molar-refractivity contribution in [1.29, 1.82) is 0 Å². The van der Waals surface area contributed by atoms with Gasteiger partial charge in [-0.2, -0.15) is 0 Å². The molecule has 1 aromatic carbocycles. The molecule has 0 aliphatic heterocycles. The van der Waals surface area contributed by atoms with Crippen LogP contribution >= 0.6 is 0 Å². The zero-order valence-electron chi connectivity index (χ0n) is 20.2. The van der Waals surface area contributed by atoms with Crippen LogP contribution in [0.15, 0.2) is 30.3 Å². The summed E-state index contributed by atoms with van der Waals surface area (Å²) in [5.74, 6) is -6.20. The van der Waals surface area contributed by atoms with E-state index in [9.17, 15) is 34.2 Å². The Hall–Kier alpha value is -3.23. The lowest BCUT2D eigenvalue weighted by atomic mass is 9.98. The fourth-order valence-corrected chi connectivity index (χ4v) is 3.35. The summed E-state index contributed by atoms with van der Waals surface area (Å²) in [5.41, 5.74) is 23.2. The van der Waals surface area contributed by atoms with Crippen molar-refractivity contribution in [3.8, 4) is 0 Å². The van der Waals surface area contributed by atoms with Gasteiger partial charge >= 0.3 is 5.97 Å². The molecule has 13 nitrogen and oxygen atoms in total. The van der Waals surface area contributed by atoms with E-state index in [-0.39, 0.29) is 17.7 Å². The number of imide groups is 1. The molecule has 13 heteroatoms. The minimum atomic E-state index is -2.38. The third-order valence-corrected chi connectivity index (χ3v) is 5.40. The number of Topliss-reactive ketones (excluding diaryl/α,β-unsaturated/α-hetero) is 1. The molecular weight excluding hydrogens is 472 g/mol. The molecule has 0 heterocycles. The van der Waals surface area contributed by atoms with Gasteiger partial charge in [-0.25, -0.2) is 4.79 Å². The quantitative estimate of drug-likeness (QED) is 0.0942. The molecule has 0 bridgehead atoms. The number of aliphatic carboxylic acids is 1. The van der Waals surface area contributed by atoms with E-state index >= 15 is 0 Å². The van der Waals surface area contributed by atoms with E-state index in [0.717, 1.165) is 0 Å². The Morgan fingerprint density at radius 1 is 0.972 bits per heavy atom. The highest BCUT2D eigenvalue weighted by atomic mass is 16.4. The highest BCUT2D eigenvalue weighted by Crippen LogP contribution is 2.15. The van der Waals surface area contributed by atoms with Crippen molar-refractivity contribution < 1.29 is 34.2 Å². The van der Waals surface area contributed by atoms with Crippen LogP contribution in [0.4, 0.5) is 0 Å². The summed E-state index contributed by atoms with van der Waals surface area (Å²) in [5, 5.41) is 21.5. The first-order valence-electron chi connectivity index (χ1n) is 11.5. The first kappa shape index (κ1) is 30.8. The second-order valence-electron chi connectivity index (χ2n) is 8.41. The van der Waals surface area contributed by atoms with Crippen molar-refractivity contribution in [2.45, 2.75) is 62.8 Å². The van der Waals surface area contributed by atoms with Gasteiger partial charge in [-0.15, -0.1) is 0 Å². The van der Waals surface area contributed by atoms with Gasteiger partial charge in [0.25, 0.3) is 5.91 Å². The average molecular weight is 509 g/mol. The molecule has 0 saturated heterocycles. The summed E-state index contributed by atoms with van der Waals surface area (Å²) in [6.07, 6.45) is 0.841. The zero-order valence-corrected chi connectivity index (χ0v) is 20.2. The number of rotatable bonds is 15. The number of amides is 3. The Morgan fingerprint density at radius 3 is 2.08 bits per heavy atom. The predicted octanol–water partition coefficient (Wildman–Crippen LogP) is -2.79. The van der Waals surface area contributed by atoms with Crippen LogP contribution in [-0.4, -0.2) is 87.9 Å². The Balaban J connectivity index is 3.54. The van der Waals surface area contributed by atoms with Gasteiger partial charge in [-0.1, -0.05) is 36.8 Å². The normalized spacial score (nSPS) is 15.2. The maximum Gasteiger partial charge on any atom is 0.334 e. The van der Waals surface area contributed by atoms with Crippen LogP contribution in [0.5, 0.6) is 0 Å². The van der Waals surface area contributed by atoms with E-state index in [1.807, 2.05) is 0 Å². The average Bonchev–Trinajstić information content (AvgIpc) is 2.85. The Kier molecular flexibility index (Phi) is 12.8. The van der Waals surface area contributed by atoms with Crippen molar-refractivity contribution in [3.63, 3.8) is 0 Å². The summed E-state index contributed by atoms with van der Waals surface area (Å²) in [4.78, 5) is 64.5. The van der Waals surface area contributed by atoms with Gasteiger partial charge in [-0.3, -0.25) is 24.1 Å². The topological polar surface area (TPSA) is 245 Å². The lowest BCUT2D eigenvalue weighted by molar-refractivity contribution is -0.163. The van der Waals surface area contributed by atoms with Gasteiger partial charge in [0, 0.05) is 6.42 Å². The number of nitrogens with zero attached hydrogens (tertiary/aromatic N) is 1. The first-order chi connectivity index (χ1) is 17.0. The lowest BCUT2D eigenvalue weighted by Crippen LogP contribution is -2.64. The number of carbonyl (C=O) groups is 5. The third-order valence-electron chi connectivity index (χ3n) is 5.40. The maximum atomic E-state index is 13.7. The molecule has 0 aliphatic carbocycles. The molecule has 0 aromatic heterocycles. The fourth-order valence-electron chi connectivity index (χ4n) is 3.35. The van der Waals surface area contributed by atoms with Crippen molar-refractivity contribution in [2.75, 3.05) is 13.2 Å². The van der Waals surface area contributed by atoms with Crippen LogP contribution in [0.3, 0.4) is 0 Å². The summed E-state index contributed by atoms with van der Waals surface area (Å²) < 4.78 is 0. The molecule has 3 amide bonds.